The third kappa shape index (κ3) is 4.41. The fourth-order valence-electron chi connectivity index (χ4n) is 3.26. The van der Waals surface area contributed by atoms with Crippen LogP contribution in [0, 0.1) is 11.6 Å². The topological polar surface area (TPSA) is 118 Å². The third-order valence-corrected chi connectivity index (χ3v) is 6.54. The van der Waals surface area contributed by atoms with Gasteiger partial charge in [0.25, 0.3) is 0 Å². The quantitative estimate of drug-likeness (QED) is 0.371. The van der Waals surface area contributed by atoms with Crippen LogP contribution in [0.4, 0.5) is 14.5 Å². The molecule has 0 spiro atoms. The van der Waals surface area contributed by atoms with Crippen molar-refractivity contribution in [3.05, 3.63) is 70.8 Å². The summed E-state index contributed by atoms with van der Waals surface area (Å²) in [5.41, 5.74) is -0.196. The first kappa shape index (κ1) is 22.7. The highest BCUT2D eigenvalue weighted by Gasteiger charge is 2.26. The van der Waals surface area contributed by atoms with Gasteiger partial charge in [0.05, 0.1) is 21.7 Å². The Hall–Kier alpha value is -3.44. The molecule has 8 nitrogen and oxygen atoms in total. The van der Waals surface area contributed by atoms with E-state index in [1.807, 2.05) is 4.72 Å². The average molecular weight is 492 g/mol. The molecule has 0 aliphatic carbocycles. The number of aromatic nitrogens is 4. The van der Waals surface area contributed by atoms with Crippen LogP contribution in [-0.2, 0) is 10.0 Å². The molecule has 0 aliphatic rings. The van der Waals surface area contributed by atoms with E-state index in [-0.39, 0.29) is 28.9 Å². The van der Waals surface area contributed by atoms with Crippen molar-refractivity contribution in [1.29, 1.82) is 0 Å². The van der Waals surface area contributed by atoms with Crippen LogP contribution < -0.4 is 4.72 Å². The summed E-state index contributed by atoms with van der Waals surface area (Å²) in [5, 5.41) is 7.19. The molecule has 0 amide bonds. The third-order valence-electron chi connectivity index (χ3n) is 4.78. The van der Waals surface area contributed by atoms with Crippen LogP contribution in [0.25, 0.3) is 22.2 Å². The lowest BCUT2D eigenvalue weighted by Crippen LogP contribution is -2.19. The van der Waals surface area contributed by atoms with Crippen LogP contribution in [0.1, 0.15) is 29.4 Å². The van der Waals surface area contributed by atoms with Crippen LogP contribution in [0.3, 0.4) is 0 Å². The van der Waals surface area contributed by atoms with Gasteiger partial charge in [0.2, 0.25) is 15.8 Å². The number of halogens is 3. The Labute approximate surface area is 192 Å². The van der Waals surface area contributed by atoms with Gasteiger partial charge >= 0.3 is 0 Å². The molecular weight excluding hydrogens is 476 g/mol. The molecular formula is C21H16ClF2N5O3S. The average Bonchev–Trinajstić information content (AvgIpc) is 3.20. The van der Waals surface area contributed by atoms with E-state index in [0.717, 1.165) is 12.1 Å². The Balaban J connectivity index is 1.79. The van der Waals surface area contributed by atoms with Gasteiger partial charge in [0.15, 0.2) is 11.5 Å². The van der Waals surface area contributed by atoms with E-state index in [1.54, 1.807) is 25.3 Å². The first-order chi connectivity index (χ1) is 15.7. The largest absolute Gasteiger partial charge is 0.287 e. The minimum atomic E-state index is -3.99. The van der Waals surface area contributed by atoms with Crippen molar-refractivity contribution < 1.29 is 22.0 Å². The number of benzene rings is 1. The van der Waals surface area contributed by atoms with Gasteiger partial charge in [-0.3, -0.25) is 19.6 Å². The zero-order valence-electron chi connectivity index (χ0n) is 17.1. The van der Waals surface area contributed by atoms with Crippen LogP contribution in [-0.4, -0.2) is 40.1 Å². The predicted molar refractivity (Wildman–Crippen MR) is 120 cm³/mol. The molecule has 12 heteroatoms. The number of pyridine rings is 2. The molecule has 0 saturated heterocycles. The number of aromatic amines is 1. The van der Waals surface area contributed by atoms with Gasteiger partial charge in [-0.25, -0.2) is 22.2 Å². The maximum absolute atomic E-state index is 15.1. The van der Waals surface area contributed by atoms with Crippen molar-refractivity contribution in [2.24, 2.45) is 0 Å². The van der Waals surface area contributed by atoms with Crippen LogP contribution >= 0.6 is 11.6 Å². The van der Waals surface area contributed by atoms with Gasteiger partial charge < -0.3 is 0 Å². The van der Waals surface area contributed by atoms with Gasteiger partial charge in [-0.1, -0.05) is 18.5 Å². The molecule has 2 N–H and O–H groups in total. The maximum Gasteiger partial charge on any atom is 0.232 e. The second-order valence-electron chi connectivity index (χ2n) is 7.08. The number of hydrogen-bond donors (Lipinski definition) is 2. The van der Waals surface area contributed by atoms with Crippen molar-refractivity contribution in [1.82, 2.24) is 20.2 Å². The molecule has 3 heterocycles. The summed E-state index contributed by atoms with van der Waals surface area (Å²) in [6.07, 6.45) is 4.77. The molecule has 0 radical (unpaired) electrons. The highest BCUT2D eigenvalue weighted by Crippen LogP contribution is 2.31. The summed E-state index contributed by atoms with van der Waals surface area (Å²) in [5.74, 6) is -3.70. The molecule has 33 heavy (non-hydrogen) atoms. The Morgan fingerprint density at radius 2 is 2.00 bits per heavy atom. The van der Waals surface area contributed by atoms with Crippen LogP contribution in [0.15, 0.2) is 42.9 Å². The zero-order valence-corrected chi connectivity index (χ0v) is 18.6. The normalized spacial score (nSPS) is 11.6. The smallest absolute Gasteiger partial charge is 0.232 e. The summed E-state index contributed by atoms with van der Waals surface area (Å²) in [6.45, 7) is 1.61. The molecule has 0 fully saturated rings. The van der Waals surface area contributed by atoms with Gasteiger partial charge in [0, 0.05) is 29.7 Å². The minimum Gasteiger partial charge on any atom is -0.287 e. The van der Waals surface area contributed by atoms with Gasteiger partial charge in [-0.05, 0) is 30.7 Å². The Morgan fingerprint density at radius 1 is 1.21 bits per heavy atom. The SMILES string of the molecule is CCCS(=O)(=O)Nc1c(F)ccc(C(=O)c2n[nH]c3ncc(-c4ccncc4Cl)cc23)c1F. The van der Waals surface area contributed by atoms with Crippen molar-refractivity contribution in [3.63, 3.8) is 0 Å². The molecule has 0 bridgehead atoms. The standard InChI is InChI=1S/C21H16ClF2N5O3S/c1-2-7-33(31,32)29-19-16(23)4-3-13(17(19)24)20(30)18-14-8-11(9-26-21(14)28-27-18)12-5-6-25-10-15(12)22/h3-6,8-10,29H,2,7H2,1H3,(H,26,27,28). The van der Waals surface area contributed by atoms with Crippen molar-refractivity contribution in [2.75, 3.05) is 10.5 Å². The highest BCUT2D eigenvalue weighted by molar-refractivity contribution is 7.92. The lowest BCUT2D eigenvalue weighted by atomic mass is 10.0. The number of anilines is 1. The first-order valence-electron chi connectivity index (χ1n) is 9.69. The van der Waals surface area contributed by atoms with Gasteiger partial charge in [-0.15, -0.1) is 0 Å². The summed E-state index contributed by atoms with van der Waals surface area (Å²) in [6, 6.07) is 5.02. The number of carbonyl (C=O) groups excluding carboxylic acids is 1. The number of H-pyrrole nitrogens is 1. The van der Waals surface area contributed by atoms with E-state index in [2.05, 4.69) is 20.2 Å². The molecule has 0 saturated carbocycles. The number of rotatable bonds is 7. The molecule has 4 aromatic rings. The van der Waals surface area contributed by atoms with Crippen molar-refractivity contribution >= 4 is 44.1 Å². The summed E-state index contributed by atoms with van der Waals surface area (Å²) >= 11 is 6.19. The van der Waals surface area contributed by atoms with E-state index >= 15 is 4.39 Å². The number of carbonyl (C=O) groups is 1. The lowest BCUT2D eigenvalue weighted by Gasteiger charge is -2.11. The fraction of sp³-hybridized carbons (Fsp3) is 0.143. The molecule has 3 aromatic heterocycles. The second kappa shape index (κ2) is 8.83. The van der Waals surface area contributed by atoms with Gasteiger partial charge in [0.1, 0.15) is 17.2 Å². The van der Waals surface area contributed by atoms with E-state index in [9.17, 15) is 17.6 Å². The minimum absolute atomic E-state index is 0.169. The summed E-state index contributed by atoms with van der Waals surface area (Å²) < 4.78 is 55.2. The molecule has 1 aromatic carbocycles. The lowest BCUT2D eigenvalue weighted by molar-refractivity contribution is 0.103. The van der Waals surface area contributed by atoms with Crippen LogP contribution in [0.2, 0.25) is 5.02 Å². The first-order valence-corrected chi connectivity index (χ1v) is 11.7. The fourth-order valence-corrected chi connectivity index (χ4v) is 4.62. The number of sulfonamides is 1. The maximum atomic E-state index is 15.1. The molecule has 0 atom stereocenters. The molecule has 0 unspecified atom stereocenters. The monoisotopic (exact) mass is 491 g/mol. The van der Waals surface area contributed by atoms with E-state index in [1.165, 1.54) is 12.4 Å². The van der Waals surface area contributed by atoms with Crippen LogP contribution in [0.5, 0.6) is 0 Å². The van der Waals surface area contributed by atoms with E-state index < -0.39 is 38.7 Å². The van der Waals surface area contributed by atoms with Crippen molar-refractivity contribution in [2.45, 2.75) is 13.3 Å². The van der Waals surface area contributed by atoms with Crippen molar-refractivity contribution in [3.8, 4) is 11.1 Å². The Bertz CT molecular complexity index is 1490. The highest BCUT2D eigenvalue weighted by atomic mass is 35.5. The van der Waals surface area contributed by atoms with E-state index in [0.29, 0.717) is 16.1 Å². The second-order valence-corrected chi connectivity index (χ2v) is 9.33. The Morgan fingerprint density at radius 3 is 2.73 bits per heavy atom. The van der Waals surface area contributed by atoms with Gasteiger partial charge in [-0.2, -0.15) is 5.10 Å². The number of fused-ring (bicyclic) bond motifs is 1. The van der Waals surface area contributed by atoms with E-state index in [4.69, 9.17) is 11.6 Å². The molecule has 4 rings (SSSR count). The Kier molecular flexibility index (Phi) is 6.09. The number of hydrogen-bond acceptors (Lipinski definition) is 6. The molecule has 0 aliphatic heterocycles. The predicted octanol–water partition coefficient (Wildman–Crippen LogP) is 4.33. The number of nitrogens with zero attached hydrogens (tertiary/aromatic N) is 3. The summed E-state index contributed by atoms with van der Waals surface area (Å²) in [7, 11) is -3.99. The number of nitrogens with one attached hydrogen (secondary N) is 2. The number of ketones is 1. The summed E-state index contributed by atoms with van der Waals surface area (Å²) in [4.78, 5) is 21.3. The molecule has 170 valence electrons. The zero-order chi connectivity index (χ0) is 23.8.